The van der Waals surface area contributed by atoms with Gasteiger partial charge in [0.1, 0.15) is 5.82 Å². The van der Waals surface area contributed by atoms with Crippen LogP contribution in [0.15, 0.2) is 29.1 Å². The second kappa shape index (κ2) is 7.43. The number of piperidine rings is 1. The highest BCUT2D eigenvalue weighted by Crippen LogP contribution is 2.34. The summed E-state index contributed by atoms with van der Waals surface area (Å²) in [6, 6.07) is 2.07. The second-order valence-corrected chi connectivity index (χ2v) is 8.02. The van der Waals surface area contributed by atoms with Gasteiger partial charge in [0, 0.05) is 43.0 Å². The van der Waals surface area contributed by atoms with Crippen molar-refractivity contribution in [3.05, 3.63) is 30.5 Å². The Morgan fingerprint density at radius 1 is 1.17 bits per heavy atom. The highest BCUT2D eigenvalue weighted by molar-refractivity contribution is 5.74. The van der Waals surface area contributed by atoms with Gasteiger partial charge in [0.25, 0.3) is 5.89 Å². The van der Waals surface area contributed by atoms with Crippen LogP contribution in [-0.2, 0) is 6.42 Å². The molecule has 0 bridgehead atoms. The number of aromatic nitrogens is 5. The third-order valence-corrected chi connectivity index (χ3v) is 5.82. The molecule has 10 nitrogen and oxygen atoms in total. The molecule has 2 aliphatic rings. The Morgan fingerprint density at radius 2 is 1.97 bits per heavy atom. The van der Waals surface area contributed by atoms with Gasteiger partial charge < -0.3 is 20.2 Å². The average molecular weight is 409 g/mol. The number of nitrogen functional groups attached to an aromatic ring is 1. The molecule has 1 saturated carbocycles. The monoisotopic (exact) mass is 409 g/mol. The van der Waals surface area contributed by atoms with Crippen molar-refractivity contribution in [3.8, 4) is 22.6 Å². The maximum Gasteiger partial charge on any atom is 0.407 e. The lowest BCUT2D eigenvalue weighted by Crippen LogP contribution is -2.38. The first-order valence-corrected chi connectivity index (χ1v) is 10.2. The van der Waals surface area contributed by atoms with Crippen LogP contribution in [0.25, 0.3) is 22.6 Å². The number of hydrogen-bond acceptors (Lipinski definition) is 7. The Kier molecular flexibility index (Phi) is 4.61. The molecule has 0 radical (unpaired) electrons. The zero-order valence-corrected chi connectivity index (χ0v) is 16.4. The van der Waals surface area contributed by atoms with E-state index in [1.165, 1.54) is 17.7 Å². The van der Waals surface area contributed by atoms with Crippen LogP contribution in [-0.4, -0.2) is 54.2 Å². The van der Waals surface area contributed by atoms with Crippen molar-refractivity contribution >= 4 is 11.9 Å². The largest absolute Gasteiger partial charge is 0.465 e. The molecule has 0 spiro atoms. The van der Waals surface area contributed by atoms with Gasteiger partial charge >= 0.3 is 6.09 Å². The summed E-state index contributed by atoms with van der Waals surface area (Å²) in [4.78, 5) is 16.8. The van der Waals surface area contributed by atoms with Gasteiger partial charge in [-0.2, -0.15) is 5.10 Å². The number of likely N-dealkylation sites (tertiary alicyclic amines) is 1. The molecule has 0 atom stereocenters. The van der Waals surface area contributed by atoms with Crippen molar-refractivity contribution in [1.29, 1.82) is 0 Å². The van der Waals surface area contributed by atoms with Crippen molar-refractivity contribution in [2.75, 3.05) is 18.8 Å². The summed E-state index contributed by atoms with van der Waals surface area (Å²) in [6.45, 7) is 1.03. The van der Waals surface area contributed by atoms with E-state index in [1.807, 2.05) is 16.9 Å². The van der Waals surface area contributed by atoms with Gasteiger partial charge in [0.15, 0.2) is 0 Å². The maximum atomic E-state index is 11.1. The highest BCUT2D eigenvalue weighted by atomic mass is 16.4. The van der Waals surface area contributed by atoms with Crippen molar-refractivity contribution in [1.82, 2.24) is 29.9 Å². The minimum Gasteiger partial charge on any atom is -0.465 e. The number of carbonyl (C=O) groups is 1. The summed E-state index contributed by atoms with van der Waals surface area (Å²) < 4.78 is 7.71. The molecule has 1 aliphatic heterocycles. The van der Waals surface area contributed by atoms with Crippen LogP contribution in [0, 0.1) is 5.92 Å². The van der Waals surface area contributed by atoms with Gasteiger partial charge in [-0.3, -0.25) is 4.68 Å². The molecule has 156 valence electrons. The summed E-state index contributed by atoms with van der Waals surface area (Å²) in [5, 5.41) is 21.9. The van der Waals surface area contributed by atoms with E-state index < -0.39 is 6.09 Å². The van der Waals surface area contributed by atoms with Crippen LogP contribution in [0.5, 0.6) is 0 Å². The SMILES string of the molecule is Nc1ncc(-c2cnn(C3CCN(C(=O)O)CC3)c2)cc1-c1nnc(CC2CC2)o1. The van der Waals surface area contributed by atoms with Crippen molar-refractivity contribution in [3.63, 3.8) is 0 Å². The van der Waals surface area contributed by atoms with E-state index in [-0.39, 0.29) is 6.04 Å². The summed E-state index contributed by atoms with van der Waals surface area (Å²) in [5.41, 5.74) is 8.45. The Balaban J connectivity index is 1.34. The van der Waals surface area contributed by atoms with E-state index in [9.17, 15) is 4.79 Å². The van der Waals surface area contributed by atoms with E-state index in [2.05, 4.69) is 20.3 Å². The predicted octanol–water partition coefficient (Wildman–Crippen LogP) is 2.84. The fraction of sp³-hybridized carbons (Fsp3) is 0.450. The third-order valence-electron chi connectivity index (χ3n) is 5.82. The molecule has 1 aliphatic carbocycles. The second-order valence-electron chi connectivity index (χ2n) is 8.02. The summed E-state index contributed by atoms with van der Waals surface area (Å²) in [6.07, 6.45) is 9.32. The maximum absolute atomic E-state index is 11.1. The molecule has 4 heterocycles. The minimum absolute atomic E-state index is 0.177. The first-order chi connectivity index (χ1) is 14.6. The molecule has 0 aromatic carbocycles. The molecule has 2 fully saturated rings. The normalized spacial score (nSPS) is 17.4. The number of amides is 1. The van der Waals surface area contributed by atoms with E-state index in [1.54, 1.807) is 12.4 Å². The topological polar surface area (TPSA) is 136 Å². The molecular weight excluding hydrogens is 386 g/mol. The molecule has 3 aromatic rings. The quantitative estimate of drug-likeness (QED) is 0.656. The highest BCUT2D eigenvalue weighted by Gasteiger charge is 2.26. The van der Waals surface area contributed by atoms with E-state index in [0.717, 1.165) is 30.4 Å². The Morgan fingerprint density at radius 3 is 2.70 bits per heavy atom. The smallest absolute Gasteiger partial charge is 0.407 e. The van der Waals surface area contributed by atoms with Gasteiger partial charge in [-0.1, -0.05) is 0 Å². The van der Waals surface area contributed by atoms with Crippen molar-refractivity contribution in [2.45, 2.75) is 38.1 Å². The first-order valence-electron chi connectivity index (χ1n) is 10.2. The van der Waals surface area contributed by atoms with Gasteiger partial charge in [-0.15, -0.1) is 10.2 Å². The lowest BCUT2D eigenvalue weighted by Gasteiger charge is -2.30. The molecule has 1 amide bonds. The van der Waals surface area contributed by atoms with E-state index in [4.69, 9.17) is 15.3 Å². The molecule has 10 heteroatoms. The number of nitrogens with two attached hydrogens (primary N) is 1. The molecule has 3 N–H and O–H groups in total. The van der Waals surface area contributed by atoms with E-state index in [0.29, 0.717) is 42.2 Å². The molecule has 3 aromatic heterocycles. The molecule has 30 heavy (non-hydrogen) atoms. The fourth-order valence-electron chi connectivity index (χ4n) is 3.83. The van der Waals surface area contributed by atoms with Crippen LogP contribution in [0.2, 0.25) is 0 Å². The number of hydrogen-bond donors (Lipinski definition) is 2. The number of pyridine rings is 1. The predicted molar refractivity (Wildman–Crippen MR) is 107 cm³/mol. The number of carboxylic acid groups (broad SMARTS) is 1. The standard InChI is InChI=1S/C20H23N7O3/c21-18-16(19-25-24-17(30-19)7-12-1-2-12)8-13(9-22-18)14-10-23-27(11-14)15-3-5-26(6-4-15)20(28)29/h8-12,15H,1-7H2,(H2,21,22)(H,28,29). The summed E-state index contributed by atoms with van der Waals surface area (Å²) in [5.74, 6) is 2.02. The van der Waals surface area contributed by atoms with Crippen LogP contribution >= 0.6 is 0 Å². The Bertz CT molecular complexity index is 1060. The summed E-state index contributed by atoms with van der Waals surface area (Å²) in [7, 11) is 0. The zero-order valence-electron chi connectivity index (χ0n) is 16.4. The first kappa shape index (κ1) is 18.6. The van der Waals surface area contributed by atoms with Crippen molar-refractivity contribution < 1.29 is 14.3 Å². The van der Waals surface area contributed by atoms with Crippen LogP contribution in [0.4, 0.5) is 10.6 Å². The molecule has 0 unspecified atom stereocenters. The van der Waals surface area contributed by atoms with Gasteiger partial charge in [-0.05, 0) is 37.7 Å². The average Bonchev–Trinajstić information content (AvgIpc) is 3.23. The fourth-order valence-corrected chi connectivity index (χ4v) is 3.83. The number of rotatable bonds is 5. The molecule has 5 rings (SSSR count). The summed E-state index contributed by atoms with van der Waals surface area (Å²) >= 11 is 0. The Hall–Kier alpha value is -3.43. The van der Waals surface area contributed by atoms with Gasteiger partial charge in [0.05, 0.1) is 17.8 Å². The minimum atomic E-state index is -0.864. The molecule has 1 saturated heterocycles. The Labute approximate surface area is 172 Å². The molecular formula is C20H23N7O3. The van der Waals surface area contributed by atoms with Crippen LogP contribution in [0.3, 0.4) is 0 Å². The van der Waals surface area contributed by atoms with Gasteiger partial charge in [-0.25, -0.2) is 9.78 Å². The number of anilines is 1. The zero-order chi connectivity index (χ0) is 20.7. The third kappa shape index (κ3) is 3.72. The van der Waals surface area contributed by atoms with Gasteiger partial charge in [0.2, 0.25) is 5.89 Å². The number of nitrogens with zero attached hydrogens (tertiary/aromatic N) is 6. The lowest BCUT2D eigenvalue weighted by atomic mass is 10.1. The van der Waals surface area contributed by atoms with Crippen molar-refractivity contribution in [2.24, 2.45) is 5.92 Å². The van der Waals surface area contributed by atoms with E-state index >= 15 is 0 Å². The van der Waals surface area contributed by atoms with Crippen LogP contribution in [0.1, 0.15) is 37.6 Å². The van der Waals surface area contributed by atoms with Crippen LogP contribution < -0.4 is 5.73 Å². The lowest BCUT2D eigenvalue weighted by molar-refractivity contribution is 0.124.